The van der Waals surface area contributed by atoms with Crippen LogP contribution in [-0.2, 0) is 10.0 Å². The third-order valence-electron chi connectivity index (χ3n) is 4.30. The average molecular weight is 367 g/mol. The summed E-state index contributed by atoms with van der Waals surface area (Å²) in [5.74, 6) is -0.459. The first-order chi connectivity index (χ1) is 10.3. The predicted octanol–water partition coefficient (Wildman–Crippen LogP) is 2.31. The lowest BCUT2D eigenvalue weighted by Gasteiger charge is -2.34. The molecule has 2 rings (SSSR count). The lowest BCUT2D eigenvalue weighted by atomic mass is 9.93. The van der Waals surface area contributed by atoms with Crippen molar-refractivity contribution >= 4 is 22.4 Å². The molecule has 8 heteroatoms. The Bertz CT molecular complexity index is 652. The summed E-state index contributed by atoms with van der Waals surface area (Å²) in [5, 5.41) is 0. The molecule has 1 heterocycles. The number of piperidine rings is 1. The van der Waals surface area contributed by atoms with Gasteiger partial charge in [-0.1, -0.05) is 0 Å². The zero-order chi connectivity index (χ0) is 16.5. The summed E-state index contributed by atoms with van der Waals surface area (Å²) in [6.45, 7) is 4.17. The van der Waals surface area contributed by atoms with Gasteiger partial charge in [-0.2, -0.15) is 4.31 Å². The minimum Gasteiger partial charge on any atom is -0.494 e. The zero-order valence-corrected chi connectivity index (χ0v) is 15.2. The molecule has 1 fully saturated rings. The Kier molecular flexibility index (Phi) is 6.82. The summed E-state index contributed by atoms with van der Waals surface area (Å²) in [7, 11) is -2.37. The normalized spacial score (nSPS) is 20.7. The number of methoxy groups -OCH3 is 1. The number of hydrogen-bond acceptors (Lipinski definition) is 4. The Hall–Kier alpha value is -0.890. The molecule has 23 heavy (non-hydrogen) atoms. The number of halogens is 2. The zero-order valence-electron chi connectivity index (χ0n) is 13.6. The fourth-order valence-electron chi connectivity index (χ4n) is 2.84. The van der Waals surface area contributed by atoms with Crippen LogP contribution in [0.2, 0.25) is 0 Å². The summed E-state index contributed by atoms with van der Waals surface area (Å²) < 4.78 is 46.1. The van der Waals surface area contributed by atoms with Crippen LogP contribution in [0.1, 0.15) is 25.3 Å². The Morgan fingerprint density at radius 2 is 2.09 bits per heavy atom. The standard InChI is InChI=1S/C15H23FN2O3S.ClH/c1-10-14(7-6-13(21-3)15(10)16)22(19,20)18-8-4-5-12(9-18)11(2)17;/h6-7,11-12H,4-5,8-9,17H2,1-3H3;1H. The second-order valence-corrected chi connectivity index (χ2v) is 7.74. The smallest absolute Gasteiger partial charge is 0.243 e. The summed E-state index contributed by atoms with van der Waals surface area (Å²) >= 11 is 0. The highest BCUT2D eigenvalue weighted by Gasteiger charge is 2.33. The van der Waals surface area contributed by atoms with Gasteiger partial charge in [0.1, 0.15) is 0 Å². The van der Waals surface area contributed by atoms with E-state index < -0.39 is 15.8 Å². The first-order valence-electron chi connectivity index (χ1n) is 7.38. The van der Waals surface area contributed by atoms with Gasteiger partial charge in [-0.05, 0) is 44.7 Å². The molecule has 0 radical (unpaired) electrons. The first kappa shape index (κ1) is 20.2. The van der Waals surface area contributed by atoms with Crippen molar-refractivity contribution in [1.29, 1.82) is 0 Å². The SMILES string of the molecule is COc1ccc(S(=O)(=O)N2CCCC(C(C)N)C2)c(C)c1F.Cl. The van der Waals surface area contributed by atoms with E-state index in [2.05, 4.69) is 0 Å². The van der Waals surface area contributed by atoms with Crippen LogP contribution in [0.5, 0.6) is 5.75 Å². The van der Waals surface area contributed by atoms with Crippen LogP contribution < -0.4 is 10.5 Å². The molecule has 132 valence electrons. The van der Waals surface area contributed by atoms with Gasteiger partial charge in [-0.15, -0.1) is 12.4 Å². The third-order valence-corrected chi connectivity index (χ3v) is 6.31. The van der Waals surface area contributed by atoms with Crippen molar-refractivity contribution in [3.05, 3.63) is 23.5 Å². The molecule has 1 saturated heterocycles. The molecule has 0 saturated carbocycles. The van der Waals surface area contributed by atoms with Crippen LogP contribution in [-0.4, -0.2) is 39.0 Å². The van der Waals surface area contributed by atoms with Crippen molar-refractivity contribution in [1.82, 2.24) is 4.31 Å². The minimum atomic E-state index is -3.72. The van der Waals surface area contributed by atoms with Crippen molar-refractivity contribution in [2.75, 3.05) is 20.2 Å². The maximum absolute atomic E-state index is 14.1. The van der Waals surface area contributed by atoms with Crippen LogP contribution in [0.25, 0.3) is 0 Å². The van der Waals surface area contributed by atoms with E-state index in [1.807, 2.05) is 6.92 Å². The second-order valence-electron chi connectivity index (χ2n) is 5.83. The first-order valence-corrected chi connectivity index (χ1v) is 8.82. The van der Waals surface area contributed by atoms with Crippen LogP contribution >= 0.6 is 12.4 Å². The molecule has 0 spiro atoms. The van der Waals surface area contributed by atoms with Crippen LogP contribution in [0.15, 0.2) is 17.0 Å². The molecule has 1 aromatic carbocycles. The van der Waals surface area contributed by atoms with Gasteiger partial charge in [-0.25, -0.2) is 12.8 Å². The van der Waals surface area contributed by atoms with Gasteiger partial charge in [0.05, 0.1) is 12.0 Å². The Balaban J connectivity index is 0.00000264. The number of rotatable bonds is 4. The quantitative estimate of drug-likeness (QED) is 0.887. The predicted molar refractivity (Wildman–Crippen MR) is 90.1 cm³/mol. The van der Waals surface area contributed by atoms with E-state index in [0.29, 0.717) is 13.1 Å². The highest BCUT2D eigenvalue weighted by molar-refractivity contribution is 7.89. The number of nitrogens with zero attached hydrogens (tertiary/aromatic N) is 1. The maximum Gasteiger partial charge on any atom is 0.243 e. The van der Waals surface area contributed by atoms with Gasteiger partial charge in [0.15, 0.2) is 11.6 Å². The largest absolute Gasteiger partial charge is 0.494 e. The second kappa shape index (κ2) is 7.79. The number of ether oxygens (including phenoxy) is 1. The molecule has 0 bridgehead atoms. The molecule has 0 aliphatic carbocycles. The molecule has 1 aliphatic rings. The van der Waals surface area contributed by atoms with E-state index in [1.54, 1.807) is 0 Å². The van der Waals surface area contributed by atoms with Crippen molar-refractivity contribution in [3.8, 4) is 5.75 Å². The van der Waals surface area contributed by atoms with Gasteiger partial charge in [0.2, 0.25) is 10.0 Å². The van der Waals surface area contributed by atoms with Gasteiger partial charge in [0.25, 0.3) is 0 Å². The Morgan fingerprint density at radius 1 is 1.43 bits per heavy atom. The summed E-state index contributed by atoms with van der Waals surface area (Å²) in [6, 6.07) is 2.69. The molecular formula is C15H24ClFN2O3S. The van der Waals surface area contributed by atoms with Crippen molar-refractivity contribution in [2.45, 2.75) is 37.6 Å². The Labute approximate surface area is 143 Å². The minimum absolute atomic E-state index is 0. The molecule has 2 unspecified atom stereocenters. The highest BCUT2D eigenvalue weighted by atomic mass is 35.5. The van der Waals surface area contributed by atoms with Gasteiger partial charge >= 0.3 is 0 Å². The fourth-order valence-corrected chi connectivity index (χ4v) is 4.59. The maximum atomic E-state index is 14.1. The van der Waals surface area contributed by atoms with E-state index >= 15 is 0 Å². The topological polar surface area (TPSA) is 72.6 Å². The molecule has 0 aromatic heterocycles. The number of nitrogens with two attached hydrogens (primary N) is 1. The van der Waals surface area contributed by atoms with E-state index in [1.165, 1.54) is 30.5 Å². The van der Waals surface area contributed by atoms with E-state index in [9.17, 15) is 12.8 Å². The average Bonchev–Trinajstić information content (AvgIpc) is 2.49. The monoisotopic (exact) mass is 366 g/mol. The van der Waals surface area contributed by atoms with Crippen molar-refractivity contribution < 1.29 is 17.5 Å². The fraction of sp³-hybridized carbons (Fsp3) is 0.600. The lowest BCUT2D eigenvalue weighted by Crippen LogP contribution is -2.45. The molecule has 1 aromatic rings. The molecule has 5 nitrogen and oxygen atoms in total. The van der Waals surface area contributed by atoms with Gasteiger partial charge < -0.3 is 10.5 Å². The molecule has 1 aliphatic heterocycles. The van der Waals surface area contributed by atoms with E-state index in [-0.39, 0.29) is 40.6 Å². The van der Waals surface area contributed by atoms with E-state index in [4.69, 9.17) is 10.5 Å². The number of benzene rings is 1. The summed E-state index contributed by atoms with van der Waals surface area (Å²) in [4.78, 5) is -0.00359. The lowest BCUT2D eigenvalue weighted by molar-refractivity contribution is 0.243. The summed E-state index contributed by atoms with van der Waals surface area (Å²) in [5.41, 5.74) is 5.99. The van der Waals surface area contributed by atoms with Gasteiger partial charge in [0, 0.05) is 24.7 Å². The number of sulfonamides is 1. The summed E-state index contributed by atoms with van der Waals surface area (Å²) in [6.07, 6.45) is 1.68. The Morgan fingerprint density at radius 3 is 2.65 bits per heavy atom. The van der Waals surface area contributed by atoms with Gasteiger partial charge in [-0.3, -0.25) is 0 Å². The van der Waals surface area contributed by atoms with Crippen molar-refractivity contribution in [3.63, 3.8) is 0 Å². The highest BCUT2D eigenvalue weighted by Crippen LogP contribution is 2.30. The molecule has 2 N–H and O–H groups in total. The van der Waals surface area contributed by atoms with E-state index in [0.717, 1.165) is 12.8 Å². The van der Waals surface area contributed by atoms with Crippen LogP contribution in [0.4, 0.5) is 4.39 Å². The van der Waals surface area contributed by atoms with Crippen LogP contribution in [0.3, 0.4) is 0 Å². The molecule has 2 atom stereocenters. The molecule has 0 amide bonds. The van der Waals surface area contributed by atoms with Crippen molar-refractivity contribution in [2.24, 2.45) is 11.7 Å². The molecular weight excluding hydrogens is 343 g/mol. The van der Waals surface area contributed by atoms with Crippen LogP contribution in [0, 0.1) is 18.7 Å². The number of hydrogen-bond donors (Lipinski definition) is 1. The third kappa shape index (κ3) is 3.96.